The first-order chi connectivity index (χ1) is 23.8. The SMILES string of the molecule is C[Si](C)(C)CCOCn1ncc(N[C@H]2CCC[C@@H](Cn3ccc4cc(-c5ncc(-n6cccn6)cn5)c(F)cc4c3=O)C2)c(C(F)(F)F)c1=O. The molecule has 4 heterocycles. The largest absolute Gasteiger partial charge is 0.423 e. The Hall–Kier alpha value is -4.70. The monoisotopic (exact) mass is 710 g/mol. The molecule has 16 heteroatoms. The fourth-order valence-electron chi connectivity index (χ4n) is 6.20. The summed E-state index contributed by atoms with van der Waals surface area (Å²) in [6.45, 7) is 6.72. The van der Waals surface area contributed by atoms with Crippen LogP contribution >= 0.6 is 0 Å². The number of halogens is 4. The summed E-state index contributed by atoms with van der Waals surface area (Å²) in [5.74, 6) is -0.530. The average molecular weight is 711 g/mol. The molecule has 2 atom stereocenters. The minimum atomic E-state index is -4.90. The molecule has 4 aromatic heterocycles. The number of nitrogens with zero attached hydrogens (tertiary/aromatic N) is 7. The number of benzene rings is 1. The highest BCUT2D eigenvalue weighted by Gasteiger charge is 2.39. The van der Waals surface area contributed by atoms with E-state index in [1.54, 1.807) is 41.5 Å². The summed E-state index contributed by atoms with van der Waals surface area (Å²) in [4.78, 5) is 34.9. The van der Waals surface area contributed by atoms with Gasteiger partial charge in [-0.3, -0.25) is 9.59 Å². The number of hydrogen-bond donors (Lipinski definition) is 1. The third-order valence-electron chi connectivity index (χ3n) is 8.85. The van der Waals surface area contributed by atoms with Gasteiger partial charge in [0.05, 0.1) is 35.2 Å². The first-order valence-electron chi connectivity index (χ1n) is 16.4. The Morgan fingerprint density at radius 2 is 1.80 bits per heavy atom. The number of hydrogen-bond acceptors (Lipinski definition) is 8. The first kappa shape index (κ1) is 35.1. The lowest BCUT2D eigenvalue weighted by Crippen LogP contribution is -2.36. The van der Waals surface area contributed by atoms with Crippen LogP contribution in [0.25, 0.3) is 27.8 Å². The molecule has 1 saturated carbocycles. The van der Waals surface area contributed by atoms with Crippen LogP contribution in [0.4, 0.5) is 23.2 Å². The minimum absolute atomic E-state index is 0.0512. The zero-order valence-electron chi connectivity index (χ0n) is 28.0. The third-order valence-corrected chi connectivity index (χ3v) is 10.6. The third kappa shape index (κ3) is 8.02. The van der Waals surface area contributed by atoms with Crippen LogP contribution in [0.3, 0.4) is 0 Å². The number of fused-ring (bicyclic) bond motifs is 1. The highest BCUT2D eigenvalue weighted by molar-refractivity contribution is 6.76. The topological polar surface area (TPSA) is 122 Å². The summed E-state index contributed by atoms with van der Waals surface area (Å²) < 4.78 is 67.1. The van der Waals surface area contributed by atoms with Crippen molar-refractivity contribution in [2.75, 3.05) is 11.9 Å². The lowest BCUT2D eigenvalue weighted by Gasteiger charge is -2.31. The van der Waals surface area contributed by atoms with Crippen molar-refractivity contribution in [3.63, 3.8) is 0 Å². The highest BCUT2D eigenvalue weighted by Crippen LogP contribution is 2.34. The molecule has 1 fully saturated rings. The number of anilines is 1. The summed E-state index contributed by atoms with van der Waals surface area (Å²) in [5.41, 5.74) is -2.56. The van der Waals surface area contributed by atoms with Crippen molar-refractivity contribution in [3.8, 4) is 17.1 Å². The molecule has 1 aromatic carbocycles. The molecule has 1 N–H and O–H groups in total. The Balaban J connectivity index is 1.15. The second kappa shape index (κ2) is 14.3. The highest BCUT2D eigenvalue weighted by atomic mass is 28.3. The summed E-state index contributed by atoms with van der Waals surface area (Å²) in [6, 6.07) is 6.63. The quantitative estimate of drug-likeness (QED) is 0.0958. The Morgan fingerprint density at radius 3 is 2.50 bits per heavy atom. The van der Waals surface area contributed by atoms with Gasteiger partial charge >= 0.3 is 6.18 Å². The molecule has 264 valence electrons. The molecule has 0 bridgehead atoms. The number of pyridine rings is 1. The summed E-state index contributed by atoms with van der Waals surface area (Å²) >= 11 is 0. The number of aromatic nitrogens is 7. The molecule has 0 aliphatic heterocycles. The number of rotatable bonds is 11. The van der Waals surface area contributed by atoms with Crippen LogP contribution < -0.4 is 16.4 Å². The van der Waals surface area contributed by atoms with Crippen molar-refractivity contribution in [1.29, 1.82) is 0 Å². The maximum Gasteiger partial charge on any atom is 0.423 e. The lowest BCUT2D eigenvalue weighted by molar-refractivity contribution is -0.138. The maximum atomic E-state index is 15.3. The van der Waals surface area contributed by atoms with Gasteiger partial charge in [-0.1, -0.05) is 26.1 Å². The smallest absolute Gasteiger partial charge is 0.380 e. The van der Waals surface area contributed by atoms with Crippen LogP contribution in [0.1, 0.15) is 31.2 Å². The molecule has 0 spiro atoms. The van der Waals surface area contributed by atoms with E-state index in [1.807, 2.05) is 0 Å². The standard InChI is InChI=1S/C34H38F4N8O3Si/c1-50(2,3)13-12-49-21-46-33(48)30(34(36,37)38)29(19-42-46)43-24-7-4-6-22(14-24)20-44-11-8-23-15-27(28(35)16-26(23)32(44)47)31-39-17-25(18-40-31)45-10-5-9-41-45/h5,8-11,15-19,22,24,43H,4,6-7,12-14,20-21H2,1-3H3/t22-,24+/m1/s1. The number of nitrogens with one attached hydrogen (secondary N) is 1. The zero-order chi connectivity index (χ0) is 35.6. The van der Waals surface area contributed by atoms with Gasteiger partial charge in [-0.15, -0.1) is 0 Å². The van der Waals surface area contributed by atoms with Crippen molar-refractivity contribution in [2.45, 2.75) is 76.9 Å². The van der Waals surface area contributed by atoms with E-state index in [2.05, 4.69) is 45.1 Å². The predicted octanol–water partition coefficient (Wildman–Crippen LogP) is 6.34. The van der Waals surface area contributed by atoms with E-state index < -0.39 is 31.2 Å². The second-order valence-corrected chi connectivity index (χ2v) is 19.5. The van der Waals surface area contributed by atoms with Gasteiger partial charge in [-0.05, 0) is 60.9 Å². The Labute approximate surface area is 286 Å². The van der Waals surface area contributed by atoms with Crippen LogP contribution in [0, 0.1) is 11.7 Å². The molecule has 6 rings (SSSR count). The van der Waals surface area contributed by atoms with Gasteiger partial charge in [0.25, 0.3) is 11.1 Å². The van der Waals surface area contributed by atoms with Crippen LogP contribution in [-0.4, -0.2) is 54.8 Å². The van der Waals surface area contributed by atoms with Crippen molar-refractivity contribution in [3.05, 3.63) is 93.5 Å². The Kier molecular flexibility index (Phi) is 10.0. The van der Waals surface area contributed by atoms with E-state index in [0.717, 1.165) is 18.7 Å². The second-order valence-electron chi connectivity index (χ2n) is 13.9. The molecule has 1 aliphatic carbocycles. The van der Waals surface area contributed by atoms with Gasteiger partial charge < -0.3 is 14.6 Å². The van der Waals surface area contributed by atoms with Crippen LogP contribution in [0.15, 0.2) is 71.0 Å². The summed E-state index contributed by atoms with van der Waals surface area (Å²) in [5, 5.41) is 11.7. The fraction of sp³-hybridized carbons (Fsp3) is 0.412. The van der Waals surface area contributed by atoms with E-state index in [4.69, 9.17) is 4.74 Å². The predicted molar refractivity (Wildman–Crippen MR) is 183 cm³/mol. The van der Waals surface area contributed by atoms with Gasteiger partial charge in [-0.2, -0.15) is 23.4 Å². The van der Waals surface area contributed by atoms with E-state index in [-0.39, 0.29) is 46.7 Å². The molecule has 50 heavy (non-hydrogen) atoms. The van der Waals surface area contributed by atoms with Gasteiger partial charge in [-0.25, -0.2) is 23.7 Å². The number of ether oxygens (including phenoxy) is 1. The normalized spacial score (nSPS) is 16.9. The van der Waals surface area contributed by atoms with E-state index in [0.29, 0.717) is 48.2 Å². The number of alkyl halides is 3. The molecule has 11 nitrogen and oxygen atoms in total. The van der Waals surface area contributed by atoms with Crippen LogP contribution in [0.5, 0.6) is 0 Å². The average Bonchev–Trinajstić information content (AvgIpc) is 3.60. The van der Waals surface area contributed by atoms with E-state index >= 15 is 4.39 Å². The van der Waals surface area contributed by atoms with Crippen LogP contribution in [0.2, 0.25) is 25.7 Å². The summed E-state index contributed by atoms with van der Waals surface area (Å²) in [6.07, 6.45) is 6.70. The molecular formula is C34H38F4N8O3Si. The van der Waals surface area contributed by atoms with Crippen molar-refractivity contribution < 1.29 is 22.3 Å². The van der Waals surface area contributed by atoms with E-state index in [9.17, 15) is 22.8 Å². The minimum Gasteiger partial charge on any atom is -0.380 e. The molecular weight excluding hydrogens is 673 g/mol. The van der Waals surface area contributed by atoms with Gasteiger partial charge in [0.15, 0.2) is 5.82 Å². The Bertz CT molecular complexity index is 2080. The fourth-order valence-corrected chi connectivity index (χ4v) is 6.96. The molecule has 0 saturated heterocycles. The van der Waals surface area contributed by atoms with Crippen molar-refractivity contribution >= 4 is 24.5 Å². The first-order valence-corrected chi connectivity index (χ1v) is 20.1. The summed E-state index contributed by atoms with van der Waals surface area (Å²) in [7, 11) is -1.42. The zero-order valence-corrected chi connectivity index (χ0v) is 29.0. The molecule has 0 unspecified atom stereocenters. The Morgan fingerprint density at radius 1 is 1.02 bits per heavy atom. The molecule has 1 aliphatic rings. The molecule has 0 radical (unpaired) electrons. The molecule has 0 amide bonds. The van der Waals surface area contributed by atoms with Crippen LogP contribution in [-0.2, 0) is 24.2 Å². The van der Waals surface area contributed by atoms with Gasteiger partial charge in [0.2, 0.25) is 0 Å². The molecule has 5 aromatic rings. The lowest BCUT2D eigenvalue weighted by atomic mass is 9.85. The van der Waals surface area contributed by atoms with Gasteiger partial charge in [0, 0.05) is 45.9 Å². The van der Waals surface area contributed by atoms with E-state index in [1.165, 1.54) is 23.0 Å². The van der Waals surface area contributed by atoms with Crippen molar-refractivity contribution in [1.82, 2.24) is 34.1 Å². The van der Waals surface area contributed by atoms with Crippen molar-refractivity contribution in [2.24, 2.45) is 5.92 Å². The van der Waals surface area contributed by atoms with Gasteiger partial charge in [0.1, 0.15) is 23.8 Å². The maximum absolute atomic E-state index is 15.3.